The van der Waals surface area contributed by atoms with Crippen LogP contribution in [0, 0.1) is 0 Å². The first-order chi connectivity index (χ1) is 16.2. The van der Waals surface area contributed by atoms with E-state index in [4.69, 9.17) is 14.2 Å². The monoisotopic (exact) mass is 448 g/mol. The number of nitrogens with zero attached hydrogens (tertiary/aromatic N) is 6. The molecule has 33 heavy (non-hydrogen) atoms. The van der Waals surface area contributed by atoms with Crippen LogP contribution >= 0.6 is 0 Å². The van der Waals surface area contributed by atoms with E-state index < -0.39 is 11.9 Å². The highest BCUT2D eigenvalue weighted by molar-refractivity contribution is 5.89. The molecule has 0 aliphatic heterocycles. The third kappa shape index (κ3) is 5.28. The molecule has 0 N–H and O–H groups in total. The number of hydrogen-bond donors (Lipinski definition) is 0. The lowest BCUT2D eigenvalue weighted by atomic mass is 10.2. The number of carbonyl (C=O) groups is 2. The van der Waals surface area contributed by atoms with Gasteiger partial charge in [0.25, 0.3) is 5.95 Å². The van der Waals surface area contributed by atoms with Crippen molar-refractivity contribution in [1.82, 2.24) is 29.8 Å². The maximum atomic E-state index is 12.1. The van der Waals surface area contributed by atoms with Gasteiger partial charge in [-0.1, -0.05) is 53.7 Å². The molecule has 4 aromatic rings. The minimum Gasteiger partial charge on any atom is -0.463 e. The molecule has 4 rings (SSSR count). The Balaban J connectivity index is 1.39. The second-order valence-corrected chi connectivity index (χ2v) is 6.68. The van der Waals surface area contributed by atoms with E-state index in [1.165, 1.54) is 16.5 Å². The molecule has 0 aliphatic rings. The number of methoxy groups -OCH3 is 1. The Morgan fingerprint density at radius 1 is 0.939 bits per heavy atom. The van der Waals surface area contributed by atoms with E-state index in [0.29, 0.717) is 11.3 Å². The minimum absolute atomic E-state index is 0.0341. The van der Waals surface area contributed by atoms with Gasteiger partial charge in [0.2, 0.25) is 5.82 Å². The van der Waals surface area contributed by atoms with Crippen molar-refractivity contribution in [3.8, 4) is 17.2 Å². The van der Waals surface area contributed by atoms with E-state index in [0.717, 1.165) is 5.56 Å². The summed E-state index contributed by atoms with van der Waals surface area (Å²) in [5.41, 5.74) is 1.96. The zero-order chi connectivity index (χ0) is 23.0. The molecule has 2 heterocycles. The lowest BCUT2D eigenvalue weighted by molar-refractivity contribution is 0.0129. The number of benzene rings is 2. The van der Waals surface area contributed by atoms with Crippen LogP contribution in [0.3, 0.4) is 0 Å². The molecule has 0 unspecified atom stereocenters. The van der Waals surface area contributed by atoms with Crippen molar-refractivity contribution in [3.63, 3.8) is 0 Å². The lowest BCUT2D eigenvalue weighted by Crippen LogP contribution is -2.17. The first kappa shape index (κ1) is 21.8. The van der Waals surface area contributed by atoms with Gasteiger partial charge < -0.3 is 14.2 Å². The summed E-state index contributed by atoms with van der Waals surface area (Å²) in [6, 6.07) is 18.1. The highest BCUT2D eigenvalue weighted by Gasteiger charge is 2.20. The molecular formula is C22H20N6O5. The number of rotatable bonds is 9. The SMILES string of the molecule is COC(=O)c1nc(-n2cc(-c3ccccc3)nn2)nn1COCCOC(=O)c1ccccc1. The highest BCUT2D eigenvalue weighted by atomic mass is 16.6. The van der Waals surface area contributed by atoms with E-state index in [2.05, 4.69) is 20.4 Å². The fraction of sp³-hybridized carbons (Fsp3) is 0.182. The quantitative estimate of drug-likeness (QED) is 0.280. The fourth-order valence-electron chi connectivity index (χ4n) is 2.86. The topological polar surface area (TPSA) is 123 Å². The van der Waals surface area contributed by atoms with Crippen LogP contribution in [-0.4, -0.2) is 62.0 Å². The number of carbonyl (C=O) groups excluding carboxylic acids is 2. The Morgan fingerprint density at radius 3 is 2.39 bits per heavy atom. The maximum Gasteiger partial charge on any atom is 0.375 e. The first-order valence-electron chi connectivity index (χ1n) is 9.97. The zero-order valence-electron chi connectivity index (χ0n) is 17.7. The smallest absolute Gasteiger partial charge is 0.375 e. The number of hydrogen-bond acceptors (Lipinski definition) is 9. The Bertz CT molecular complexity index is 1220. The summed E-state index contributed by atoms with van der Waals surface area (Å²) >= 11 is 0. The summed E-state index contributed by atoms with van der Waals surface area (Å²) in [7, 11) is 1.24. The third-order valence-corrected chi connectivity index (χ3v) is 4.48. The van der Waals surface area contributed by atoms with Crippen LogP contribution in [0.2, 0.25) is 0 Å². The van der Waals surface area contributed by atoms with Crippen LogP contribution in [0.4, 0.5) is 0 Å². The van der Waals surface area contributed by atoms with E-state index in [1.807, 2.05) is 36.4 Å². The van der Waals surface area contributed by atoms with Crippen molar-refractivity contribution >= 4 is 11.9 Å². The number of aromatic nitrogens is 6. The first-order valence-corrected chi connectivity index (χ1v) is 9.97. The zero-order valence-corrected chi connectivity index (χ0v) is 17.7. The second kappa shape index (κ2) is 10.3. The van der Waals surface area contributed by atoms with E-state index in [9.17, 15) is 9.59 Å². The largest absolute Gasteiger partial charge is 0.463 e. The summed E-state index contributed by atoms with van der Waals surface area (Å²) in [4.78, 5) is 28.3. The fourth-order valence-corrected chi connectivity index (χ4v) is 2.86. The van der Waals surface area contributed by atoms with Crippen molar-refractivity contribution < 1.29 is 23.8 Å². The summed E-state index contributed by atoms with van der Waals surface area (Å²) in [6.45, 7) is 0.0166. The van der Waals surface area contributed by atoms with Crippen LogP contribution in [-0.2, 0) is 20.9 Å². The number of ether oxygens (including phenoxy) is 3. The molecule has 0 atom stereocenters. The maximum absolute atomic E-state index is 12.1. The van der Waals surface area contributed by atoms with Gasteiger partial charge in [-0.15, -0.1) is 10.2 Å². The van der Waals surface area contributed by atoms with Gasteiger partial charge in [0.1, 0.15) is 19.0 Å². The van der Waals surface area contributed by atoms with Crippen molar-refractivity contribution in [2.75, 3.05) is 20.3 Å². The minimum atomic E-state index is -0.684. The average molecular weight is 448 g/mol. The summed E-state index contributed by atoms with van der Waals surface area (Å²) in [5.74, 6) is -1.07. The van der Waals surface area contributed by atoms with Gasteiger partial charge in [0.15, 0.2) is 0 Å². The molecule has 168 valence electrons. The van der Waals surface area contributed by atoms with Gasteiger partial charge in [-0.3, -0.25) is 0 Å². The van der Waals surface area contributed by atoms with Gasteiger partial charge in [0.05, 0.1) is 25.5 Å². The summed E-state index contributed by atoms with van der Waals surface area (Å²) < 4.78 is 18.0. The normalized spacial score (nSPS) is 10.7. The van der Waals surface area contributed by atoms with Crippen molar-refractivity contribution in [2.24, 2.45) is 0 Å². The van der Waals surface area contributed by atoms with Crippen LogP contribution in [0.25, 0.3) is 17.2 Å². The third-order valence-electron chi connectivity index (χ3n) is 4.48. The van der Waals surface area contributed by atoms with Gasteiger partial charge >= 0.3 is 11.9 Å². The molecule has 2 aromatic heterocycles. The molecule has 0 aliphatic carbocycles. The lowest BCUT2D eigenvalue weighted by Gasteiger charge is -2.07. The van der Waals surface area contributed by atoms with Gasteiger partial charge in [-0.05, 0) is 12.1 Å². The Labute approximate surface area is 188 Å². The summed E-state index contributed by atoms with van der Waals surface area (Å²) in [5, 5.41) is 12.4. The van der Waals surface area contributed by atoms with Crippen molar-refractivity contribution in [3.05, 3.63) is 78.2 Å². The van der Waals surface area contributed by atoms with Crippen LogP contribution in [0.15, 0.2) is 66.9 Å². The molecule has 0 fully saturated rings. The van der Waals surface area contributed by atoms with E-state index in [-0.39, 0.29) is 31.7 Å². The molecule has 11 nitrogen and oxygen atoms in total. The molecule has 0 radical (unpaired) electrons. The van der Waals surface area contributed by atoms with E-state index >= 15 is 0 Å². The number of esters is 2. The molecule has 11 heteroatoms. The van der Waals surface area contributed by atoms with Crippen LogP contribution in [0.1, 0.15) is 21.0 Å². The molecule has 0 spiro atoms. The predicted molar refractivity (Wildman–Crippen MR) is 114 cm³/mol. The van der Waals surface area contributed by atoms with Gasteiger partial charge in [-0.2, -0.15) is 9.67 Å². The Hall–Kier alpha value is -4.38. The Kier molecular flexibility index (Phi) is 6.81. The van der Waals surface area contributed by atoms with Crippen LogP contribution in [0.5, 0.6) is 0 Å². The van der Waals surface area contributed by atoms with Crippen LogP contribution < -0.4 is 0 Å². The molecule has 0 saturated carbocycles. The second-order valence-electron chi connectivity index (χ2n) is 6.68. The standard InChI is InChI=1S/C22H20N6O5/c1-31-21(30)19-23-22(27-14-18(24-26-27)16-8-4-2-5-9-16)25-28(19)15-32-12-13-33-20(29)17-10-6-3-7-11-17/h2-11,14H,12-13,15H2,1H3. The van der Waals surface area contributed by atoms with E-state index in [1.54, 1.807) is 30.5 Å². The van der Waals surface area contributed by atoms with Gasteiger partial charge in [-0.25, -0.2) is 14.3 Å². The average Bonchev–Trinajstić information content (AvgIpc) is 3.52. The summed E-state index contributed by atoms with van der Waals surface area (Å²) in [6.07, 6.45) is 1.65. The molecule has 2 aromatic carbocycles. The molecular weight excluding hydrogens is 428 g/mol. The van der Waals surface area contributed by atoms with Crippen molar-refractivity contribution in [2.45, 2.75) is 6.73 Å². The van der Waals surface area contributed by atoms with Gasteiger partial charge in [0, 0.05) is 5.56 Å². The highest BCUT2D eigenvalue weighted by Crippen LogP contribution is 2.16. The molecule has 0 amide bonds. The van der Waals surface area contributed by atoms with Crippen molar-refractivity contribution in [1.29, 1.82) is 0 Å². The molecule has 0 bridgehead atoms. The predicted octanol–water partition coefficient (Wildman–Crippen LogP) is 2.14. The Morgan fingerprint density at radius 2 is 1.67 bits per heavy atom. The molecule has 0 saturated heterocycles.